The van der Waals surface area contributed by atoms with Crippen LogP contribution in [-0.4, -0.2) is 21.6 Å². The lowest BCUT2D eigenvalue weighted by Crippen LogP contribution is -2.31. The molecule has 1 aliphatic rings. The van der Waals surface area contributed by atoms with E-state index in [1.165, 1.54) is 15.6 Å². The molecule has 0 atom stereocenters. The third-order valence-corrected chi connectivity index (χ3v) is 6.22. The standard InChI is InChI=1S/C14H16N2O3S2/c15-9-11-8-12(10-20-11)21(17,18)16-6-3-7-19-14-5-2-1-4-13(14)16/h1-2,4-5,8,10H,3,6-7,9,15H2. The predicted octanol–water partition coefficient (Wildman–Crippen LogP) is 2.18. The van der Waals surface area contributed by atoms with Gasteiger partial charge in [0, 0.05) is 29.8 Å². The van der Waals surface area contributed by atoms with Crippen LogP contribution >= 0.6 is 11.3 Å². The van der Waals surface area contributed by atoms with Crippen molar-refractivity contribution in [3.8, 4) is 5.75 Å². The topological polar surface area (TPSA) is 72.6 Å². The van der Waals surface area contributed by atoms with Crippen LogP contribution in [0.5, 0.6) is 5.75 Å². The largest absolute Gasteiger partial charge is 0.491 e. The molecular formula is C14H16N2O3S2. The number of nitrogens with two attached hydrogens (primary N) is 1. The van der Waals surface area contributed by atoms with E-state index < -0.39 is 10.0 Å². The van der Waals surface area contributed by atoms with Gasteiger partial charge in [0.1, 0.15) is 5.75 Å². The summed E-state index contributed by atoms with van der Waals surface area (Å²) in [6, 6.07) is 8.87. The van der Waals surface area contributed by atoms with Crippen molar-refractivity contribution in [1.29, 1.82) is 0 Å². The normalized spacial score (nSPS) is 15.2. The summed E-state index contributed by atoms with van der Waals surface area (Å²) in [7, 11) is -3.58. The van der Waals surface area contributed by atoms with Crippen LogP contribution in [0.2, 0.25) is 0 Å². The maximum atomic E-state index is 12.9. The zero-order chi connectivity index (χ0) is 14.9. The summed E-state index contributed by atoms with van der Waals surface area (Å²) < 4.78 is 32.8. The number of rotatable bonds is 3. The fraction of sp³-hybridized carbons (Fsp3) is 0.286. The van der Waals surface area contributed by atoms with Crippen LogP contribution < -0.4 is 14.8 Å². The highest BCUT2D eigenvalue weighted by atomic mass is 32.2. The first-order valence-corrected chi connectivity index (χ1v) is 8.97. The van der Waals surface area contributed by atoms with Crippen molar-refractivity contribution in [2.24, 2.45) is 5.73 Å². The Morgan fingerprint density at radius 1 is 1.33 bits per heavy atom. The average Bonchev–Trinajstić information content (AvgIpc) is 2.87. The third-order valence-electron chi connectivity index (χ3n) is 3.32. The maximum Gasteiger partial charge on any atom is 0.265 e. The molecule has 2 heterocycles. The van der Waals surface area contributed by atoms with E-state index in [9.17, 15) is 8.42 Å². The first kappa shape index (κ1) is 14.4. The second-order valence-corrected chi connectivity index (χ2v) is 7.56. The lowest BCUT2D eigenvalue weighted by atomic mass is 10.3. The molecule has 1 aromatic heterocycles. The number of sulfonamides is 1. The fourth-order valence-electron chi connectivity index (χ4n) is 2.28. The predicted molar refractivity (Wildman–Crippen MR) is 83.3 cm³/mol. The molecule has 0 amide bonds. The molecule has 0 saturated carbocycles. The fourth-order valence-corrected chi connectivity index (χ4v) is 4.93. The number of nitrogens with zero attached hydrogens (tertiary/aromatic N) is 1. The molecule has 0 spiro atoms. The Labute approximate surface area is 128 Å². The highest BCUT2D eigenvalue weighted by Gasteiger charge is 2.29. The molecule has 112 valence electrons. The molecule has 0 radical (unpaired) electrons. The van der Waals surface area contributed by atoms with Gasteiger partial charge in [0.05, 0.1) is 17.2 Å². The van der Waals surface area contributed by atoms with Crippen molar-refractivity contribution in [2.45, 2.75) is 17.9 Å². The molecule has 2 aromatic rings. The highest BCUT2D eigenvalue weighted by molar-refractivity contribution is 7.93. The van der Waals surface area contributed by atoms with Crippen molar-refractivity contribution in [1.82, 2.24) is 0 Å². The first-order chi connectivity index (χ1) is 10.1. The van der Waals surface area contributed by atoms with Crippen molar-refractivity contribution < 1.29 is 13.2 Å². The number of ether oxygens (including phenoxy) is 1. The average molecular weight is 324 g/mol. The monoisotopic (exact) mass is 324 g/mol. The summed E-state index contributed by atoms with van der Waals surface area (Å²) in [6.07, 6.45) is 0.655. The van der Waals surface area contributed by atoms with Crippen molar-refractivity contribution in [2.75, 3.05) is 17.5 Å². The summed E-state index contributed by atoms with van der Waals surface area (Å²) in [5.74, 6) is 0.604. The van der Waals surface area contributed by atoms with Crippen LogP contribution in [0, 0.1) is 0 Å². The van der Waals surface area contributed by atoms with Crippen LogP contribution in [0.3, 0.4) is 0 Å². The molecule has 0 aliphatic carbocycles. The first-order valence-electron chi connectivity index (χ1n) is 6.65. The second-order valence-electron chi connectivity index (χ2n) is 4.70. The number of fused-ring (bicyclic) bond motifs is 1. The van der Waals surface area contributed by atoms with Gasteiger partial charge in [-0.05, 0) is 18.2 Å². The lowest BCUT2D eigenvalue weighted by molar-refractivity contribution is 0.322. The van der Waals surface area contributed by atoms with Gasteiger partial charge >= 0.3 is 0 Å². The Kier molecular flexibility index (Phi) is 3.88. The maximum absolute atomic E-state index is 12.9. The zero-order valence-electron chi connectivity index (χ0n) is 11.4. The lowest BCUT2D eigenvalue weighted by Gasteiger charge is -2.22. The van der Waals surface area contributed by atoms with Crippen LogP contribution in [0.15, 0.2) is 40.6 Å². The van der Waals surface area contributed by atoms with Crippen molar-refractivity contribution >= 4 is 27.0 Å². The van der Waals surface area contributed by atoms with Gasteiger partial charge in [0.2, 0.25) is 0 Å². The molecule has 5 nitrogen and oxygen atoms in total. The summed E-state index contributed by atoms with van der Waals surface area (Å²) in [5, 5.41) is 1.64. The van der Waals surface area contributed by atoms with Crippen LogP contribution in [0.25, 0.3) is 0 Å². The van der Waals surface area contributed by atoms with Crippen molar-refractivity contribution in [3.63, 3.8) is 0 Å². The highest BCUT2D eigenvalue weighted by Crippen LogP contribution is 2.35. The van der Waals surface area contributed by atoms with Crippen LogP contribution in [0.4, 0.5) is 5.69 Å². The Bertz CT molecular complexity index is 740. The molecule has 0 unspecified atom stereocenters. The zero-order valence-corrected chi connectivity index (χ0v) is 13.0. The molecule has 21 heavy (non-hydrogen) atoms. The summed E-state index contributed by atoms with van der Waals surface area (Å²) in [4.78, 5) is 1.15. The summed E-state index contributed by atoms with van der Waals surface area (Å²) >= 11 is 1.36. The van der Waals surface area contributed by atoms with Crippen molar-refractivity contribution in [3.05, 3.63) is 40.6 Å². The number of hydrogen-bond donors (Lipinski definition) is 1. The van der Waals surface area contributed by atoms with Gasteiger partial charge in [-0.1, -0.05) is 12.1 Å². The van der Waals surface area contributed by atoms with E-state index in [1.807, 2.05) is 12.1 Å². The number of benzene rings is 1. The molecule has 0 bridgehead atoms. The number of thiophene rings is 1. The molecule has 7 heteroatoms. The van der Waals surface area contributed by atoms with Gasteiger partial charge in [-0.25, -0.2) is 8.42 Å². The number of hydrogen-bond acceptors (Lipinski definition) is 5. The van der Waals surface area contributed by atoms with Gasteiger partial charge in [-0.2, -0.15) is 0 Å². The molecule has 1 aliphatic heterocycles. The molecule has 0 fully saturated rings. The van der Waals surface area contributed by atoms with E-state index in [1.54, 1.807) is 23.6 Å². The molecule has 2 N–H and O–H groups in total. The molecular weight excluding hydrogens is 308 g/mol. The number of anilines is 1. The second kappa shape index (κ2) is 5.67. The van der Waals surface area contributed by atoms with Crippen LogP contribution in [0.1, 0.15) is 11.3 Å². The smallest absolute Gasteiger partial charge is 0.265 e. The van der Waals surface area contributed by atoms with Crippen LogP contribution in [-0.2, 0) is 16.6 Å². The van der Waals surface area contributed by atoms with Gasteiger partial charge in [-0.15, -0.1) is 11.3 Å². The Morgan fingerprint density at radius 2 is 2.14 bits per heavy atom. The summed E-state index contributed by atoms with van der Waals surface area (Å²) in [6.45, 7) is 1.27. The van der Waals surface area contributed by atoms with Gasteiger partial charge in [0.15, 0.2) is 0 Å². The SMILES string of the molecule is NCc1cc(S(=O)(=O)N2CCCOc3ccccc32)cs1. The minimum atomic E-state index is -3.58. The molecule has 3 rings (SSSR count). The third kappa shape index (κ3) is 2.64. The van der Waals surface area contributed by atoms with E-state index in [0.717, 1.165) is 4.88 Å². The number of para-hydroxylation sites is 2. The van der Waals surface area contributed by atoms with E-state index in [-0.39, 0.29) is 0 Å². The van der Waals surface area contributed by atoms with E-state index in [4.69, 9.17) is 10.5 Å². The summed E-state index contributed by atoms with van der Waals surface area (Å²) in [5.41, 5.74) is 6.16. The Balaban J connectivity index is 2.06. The van der Waals surface area contributed by atoms with E-state index in [0.29, 0.717) is 42.4 Å². The minimum Gasteiger partial charge on any atom is -0.491 e. The molecule has 1 aromatic carbocycles. The van der Waals surface area contributed by atoms with Gasteiger partial charge in [-0.3, -0.25) is 4.31 Å². The van der Waals surface area contributed by atoms with Gasteiger partial charge < -0.3 is 10.5 Å². The Morgan fingerprint density at radius 3 is 2.90 bits per heavy atom. The minimum absolute atomic E-state index is 0.296. The van der Waals surface area contributed by atoms with Gasteiger partial charge in [0.25, 0.3) is 10.0 Å². The van der Waals surface area contributed by atoms with E-state index >= 15 is 0 Å². The quantitative estimate of drug-likeness (QED) is 0.939. The molecule has 0 saturated heterocycles. The Hall–Kier alpha value is -1.57. The van der Waals surface area contributed by atoms with E-state index in [2.05, 4.69) is 0 Å².